The summed E-state index contributed by atoms with van der Waals surface area (Å²) in [6, 6.07) is 10.1. The van der Waals surface area contributed by atoms with Crippen molar-refractivity contribution < 1.29 is 14.7 Å². The number of nitrogens with zero attached hydrogens (tertiary/aromatic N) is 2. The molecule has 0 spiro atoms. The molecule has 2 heterocycles. The van der Waals surface area contributed by atoms with E-state index in [4.69, 9.17) is 0 Å². The first kappa shape index (κ1) is 14.6. The Balaban J connectivity index is 1.63. The van der Waals surface area contributed by atoms with E-state index in [9.17, 15) is 14.7 Å². The average molecular weight is 300 g/mol. The summed E-state index contributed by atoms with van der Waals surface area (Å²) >= 11 is 0. The van der Waals surface area contributed by atoms with Gasteiger partial charge in [0.2, 0.25) is 5.91 Å². The number of rotatable bonds is 4. The number of carboxylic acid groups (broad SMARTS) is 1. The van der Waals surface area contributed by atoms with Gasteiger partial charge in [-0.05, 0) is 30.9 Å². The lowest BCUT2D eigenvalue weighted by Gasteiger charge is -2.20. The molecule has 1 N–H and O–H groups in total. The van der Waals surface area contributed by atoms with Crippen LogP contribution in [0.25, 0.3) is 10.9 Å². The van der Waals surface area contributed by atoms with E-state index in [1.807, 2.05) is 36.5 Å². The largest absolute Gasteiger partial charge is 0.481 e. The van der Waals surface area contributed by atoms with E-state index in [1.54, 1.807) is 11.8 Å². The smallest absolute Gasteiger partial charge is 0.311 e. The zero-order valence-corrected chi connectivity index (χ0v) is 12.7. The van der Waals surface area contributed by atoms with Gasteiger partial charge in [-0.25, -0.2) is 0 Å². The number of carbonyl (C=O) groups is 2. The van der Waals surface area contributed by atoms with E-state index in [2.05, 4.69) is 4.57 Å². The molecule has 5 nitrogen and oxygen atoms in total. The van der Waals surface area contributed by atoms with Gasteiger partial charge >= 0.3 is 5.97 Å². The van der Waals surface area contributed by atoms with Crippen molar-refractivity contribution in [3.05, 3.63) is 36.5 Å². The quantitative estimate of drug-likeness (QED) is 0.943. The van der Waals surface area contributed by atoms with Crippen molar-refractivity contribution in [2.24, 2.45) is 5.41 Å². The van der Waals surface area contributed by atoms with Crippen LogP contribution in [-0.2, 0) is 16.1 Å². The third-order valence-corrected chi connectivity index (χ3v) is 4.59. The van der Waals surface area contributed by atoms with Crippen molar-refractivity contribution in [2.75, 3.05) is 13.1 Å². The number of aromatic nitrogens is 1. The van der Waals surface area contributed by atoms with Crippen LogP contribution in [0.4, 0.5) is 0 Å². The van der Waals surface area contributed by atoms with E-state index in [1.165, 1.54) is 0 Å². The number of carbonyl (C=O) groups excluding carboxylic acids is 1. The van der Waals surface area contributed by atoms with Gasteiger partial charge in [-0.1, -0.05) is 18.2 Å². The predicted molar refractivity (Wildman–Crippen MR) is 83.5 cm³/mol. The minimum Gasteiger partial charge on any atom is -0.481 e. The molecule has 5 heteroatoms. The summed E-state index contributed by atoms with van der Waals surface area (Å²) < 4.78 is 2.07. The van der Waals surface area contributed by atoms with Crippen molar-refractivity contribution in [3.63, 3.8) is 0 Å². The zero-order valence-electron chi connectivity index (χ0n) is 12.7. The number of aliphatic carboxylic acids is 1. The number of benzene rings is 1. The number of carboxylic acids is 1. The number of para-hydroxylation sites is 1. The van der Waals surface area contributed by atoms with Gasteiger partial charge < -0.3 is 14.6 Å². The lowest BCUT2D eigenvalue weighted by atomic mass is 9.90. The average Bonchev–Trinajstić information content (AvgIpc) is 3.10. The molecule has 0 saturated carbocycles. The summed E-state index contributed by atoms with van der Waals surface area (Å²) in [5, 5.41) is 10.4. The van der Waals surface area contributed by atoms with Crippen molar-refractivity contribution in [2.45, 2.75) is 26.3 Å². The van der Waals surface area contributed by atoms with Gasteiger partial charge in [-0.3, -0.25) is 9.59 Å². The van der Waals surface area contributed by atoms with Crippen LogP contribution < -0.4 is 0 Å². The molecule has 22 heavy (non-hydrogen) atoms. The van der Waals surface area contributed by atoms with Crippen molar-refractivity contribution in [1.29, 1.82) is 0 Å². The molecule has 1 atom stereocenters. The summed E-state index contributed by atoms with van der Waals surface area (Å²) in [6.45, 7) is 3.18. The van der Waals surface area contributed by atoms with E-state index in [0.717, 1.165) is 10.9 Å². The second kappa shape index (κ2) is 5.48. The molecule has 1 amide bonds. The van der Waals surface area contributed by atoms with Gasteiger partial charge in [0, 0.05) is 37.8 Å². The molecule has 1 aromatic carbocycles. The van der Waals surface area contributed by atoms with E-state index >= 15 is 0 Å². The topological polar surface area (TPSA) is 62.5 Å². The van der Waals surface area contributed by atoms with Gasteiger partial charge in [0.15, 0.2) is 0 Å². The Morgan fingerprint density at radius 3 is 2.77 bits per heavy atom. The number of hydrogen-bond acceptors (Lipinski definition) is 2. The molecule has 2 aromatic rings. The Kier molecular flexibility index (Phi) is 3.64. The first-order chi connectivity index (χ1) is 10.5. The van der Waals surface area contributed by atoms with Gasteiger partial charge in [0.1, 0.15) is 0 Å². The lowest BCUT2D eigenvalue weighted by molar-refractivity contribution is -0.147. The number of amides is 1. The molecular weight excluding hydrogens is 280 g/mol. The van der Waals surface area contributed by atoms with E-state index < -0.39 is 11.4 Å². The van der Waals surface area contributed by atoms with Crippen LogP contribution in [0, 0.1) is 5.41 Å². The van der Waals surface area contributed by atoms with Crippen LogP contribution in [0.2, 0.25) is 0 Å². The Hall–Kier alpha value is -2.30. The van der Waals surface area contributed by atoms with Gasteiger partial charge in [-0.15, -0.1) is 0 Å². The third kappa shape index (κ3) is 2.58. The summed E-state index contributed by atoms with van der Waals surface area (Å²) in [5.41, 5.74) is 0.322. The molecule has 0 radical (unpaired) electrons. The maximum absolute atomic E-state index is 12.3. The van der Waals surface area contributed by atoms with Crippen molar-refractivity contribution >= 4 is 22.8 Å². The Morgan fingerprint density at radius 1 is 1.27 bits per heavy atom. The minimum atomic E-state index is -0.820. The second-order valence-corrected chi connectivity index (χ2v) is 6.25. The fraction of sp³-hybridized carbons (Fsp3) is 0.412. The Labute approximate surface area is 129 Å². The highest BCUT2D eigenvalue weighted by Gasteiger charge is 2.41. The third-order valence-electron chi connectivity index (χ3n) is 4.59. The minimum absolute atomic E-state index is 0.0303. The fourth-order valence-corrected chi connectivity index (χ4v) is 3.06. The summed E-state index contributed by atoms with van der Waals surface area (Å²) in [5.74, 6) is -0.790. The maximum Gasteiger partial charge on any atom is 0.311 e. The number of fused-ring (bicyclic) bond motifs is 1. The molecule has 1 aliphatic rings. The number of likely N-dealkylation sites (tertiary alicyclic amines) is 1. The molecule has 1 saturated heterocycles. The van der Waals surface area contributed by atoms with Crippen LogP contribution in [0.15, 0.2) is 36.5 Å². The molecule has 1 fully saturated rings. The highest BCUT2D eigenvalue weighted by atomic mass is 16.4. The zero-order chi connectivity index (χ0) is 15.7. The molecule has 0 aliphatic carbocycles. The lowest BCUT2D eigenvalue weighted by Crippen LogP contribution is -2.35. The maximum atomic E-state index is 12.3. The first-order valence-electron chi connectivity index (χ1n) is 7.55. The summed E-state index contributed by atoms with van der Waals surface area (Å²) in [4.78, 5) is 25.2. The van der Waals surface area contributed by atoms with Crippen LogP contribution in [0.1, 0.15) is 19.8 Å². The monoisotopic (exact) mass is 300 g/mol. The number of hydrogen-bond donors (Lipinski definition) is 1. The van der Waals surface area contributed by atoms with Crippen molar-refractivity contribution in [1.82, 2.24) is 9.47 Å². The van der Waals surface area contributed by atoms with Crippen LogP contribution in [-0.4, -0.2) is 39.5 Å². The molecule has 116 valence electrons. The van der Waals surface area contributed by atoms with Crippen molar-refractivity contribution in [3.8, 4) is 0 Å². The molecule has 1 aromatic heterocycles. The predicted octanol–water partition coefficient (Wildman–Crippen LogP) is 2.35. The summed E-state index contributed by atoms with van der Waals surface area (Å²) in [6.07, 6.45) is 2.91. The Bertz CT molecular complexity index is 722. The Morgan fingerprint density at radius 2 is 2.05 bits per heavy atom. The van der Waals surface area contributed by atoms with Crippen LogP contribution >= 0.6 is 0 Å². The van der Waals surface area contributed by atoms with Crippen LogP contribution in [0.3, 0.4) is 0 Å². The highest BCUT2D eigenvalue weighted by Crippen LogP contribution is 2.30. The second-order valence-electron chi connectivity index (χ2n) is 6.25. The van der Waals surface area contributed by atoms with Crippen LogP contribution in [0.5, 0.6) is 0 Å². The first-order valence-corrected chi connectivity index (χ1v) is 7.55. The molecule has 0 bridgehead atoms. The number of aryl methyl sites for hydroxylation is 1. The van der Waals surface area contributed by atoms with E-state index in [0.29, 0.717) is 32.5 Å². The SMILES string of the molecule is C[C@@]1(C(=O)O)CCN(C(=O)CCn2ccc3ccccc32)C1. The van der Waals surface area contributed by atoms with Gasteiger partial charge in [0.05, 0.1) is 5.41 Å². The van der Waals surface area contributed by atoms with Gasteiger partial charge in [0.25, 0.3) is 0 Å². The highest BCUT2D eigenvalue weighted by molar-refractivity contribution is 5.82. The van der Waals surface area contributed by atoms with E-state index in [-0.39, 0.29) is 5.91 Å². The normalized spacial score (nSPS) is 21.4. The van der Waals surface area contributed by atoms with Gasteiger partial charge in [-0.2, -0.15) is 0 Å². The fourth-order valence-electron chi connectivity index (χ4n) is 3.06. The standard InChI is InChI=1S/C17H20N2O3/c1-17(16(21)22)8-11-19(12-17)15(20)7-10-18-9-6-13-4-2-3-5-14(13)18/h2-6,9H,7-8,10-12H2,1H3,(H,21,22)/t17-/m1/s1. The summed E-state index contributed by atoms with van der Waals surface area (Å²) in [7, 11) is 0. The molecule has 1 aliphatic heterocycles. The molecule has 3 rings (SSSR count). The molecule has 0 unspecified atom stereocenters. The molecular formula is C17H20N2O3.